The molecule has 0 radical (unpaired) electrons. The zero-order valence-corrected chi connectivity index (χ0v) is 17.0. The maximum Gasteiger partial charge on any atom is 0.325 e. The Morgan fingerprint density at radius 2 is 1.93 bits per heavy atom. The quantitative estimate of drug-likeness (QED) is 0.592. The summed E-state index contributed by atoms with van der Waals surface area (Å²) in [5.74, 6) is -0.258. The van der Waals surface area contributed by atoms with Crippen molar-refractivity contribution in [3.63, 3.8) is 0 Å². The van der Waals surface area contributed by atoms with Gasteiger partial charge in [-0.25, -0.2) is 0 Å². The van der Waals surface area contributed by atoms with Gasteiger partial charge in [0.25, 0.3) is 5.91 Å². The van der Waals surface area contributed by atoms with Crippen LogP contribution < -0.4 is 14.3 Å². The zero-order valence-electron chi connectivity index (χ0n) is 15.4. The number of carbonyl (C=O) groups is 2. The summed E-state index contributed by atoms with van der Waals surface area (Å²) in [4.78, 5) is 29.3. The average molecular weight is 421 g/mol. The van der Waals surface area contributed by atoms with Gasteiger partial charge in [-0.15, -0.1) is 0 Å². The SMILES string of the molecule is COC(=O)Cn1c(=NC(=O)c2cccc(OC)c2OC)sc2cc(Cl)ccc21. The Morgan fingerprint density at radius 3 is 2.61 bits per heavy atom. The summed E-state index contributed by atoms with van der Waals surface area (Å²) >= 11 is 7.31. The van der Waals surface area contributed by atoms with Crippen molar-refractivity contribution in [3.8, 4) is 11.5 Å². The predicted octanol–water partition coefficient (Wildman–Crippen LogP) is 3.29. The third-order valence-corrected chi connectivity index (χ3v) is 5.27. The lowest BCUT2D eigenvalue weighted by molar-refractivity contribution is -0.141. The van der Waals surface area contributed by atoms with Crippen LogP contribution in [0.3, 0.4) is 0 Å². The minimum atomic E-state index is -0.521. The van der Waals surface area contributed by atoms with Gasteiger partial charge in [0.1, 0.15) is 6.54 Å². The van der Waals surface area contributed by atoms with Crippen molar-refractivity contribution < 1.29 is 23.8 Å². The number of fused-ring (bicyclic) bond motifs is 1. The van der Waals surface area contributed by atoms with Crippen molar-refractivity contribution in [2.45, 2.75) is 6.54 Å². The number of nitrogens with zero attached hydrogens (tertiary/aromatic N) is 2. The smallest absolute Gasteiger partial charge is 0.325 e. The number of ether oxygens (including phenoxy) is 3. The fraction of sp³-hybridized carbons (Fsp3) is 0.211. The molecule has 7 nitrogen and oxygen atoms in total. The second-order valence-electron chi connectivity index (χ2n) is 5.62. The van der Waals surface area contributed by atoms with Crippen LogP contribution in [0.1, 0.15) is 10.4 Å². The van der Waals surface area contributed by atoms with Gasteiger partial charge >= 0.3 is 5.97 Å². The van der Waals surface area contributed by atoms with E-state index in [1.54, 1.807) is 41.0 Å². The number of amides is 1. The molecule has 0 saturated heterocycles. The van der Waals surface area contributed by atoms with Gasteiger partial charge < -0.3 is 18.8 Å². The molecule has 0 atom stereocenters. The largest absolute Gasteiger partial charge is 0.493 e. The minimum Gasteiger partial charge on any atom is -0.493 e. The summed E-state index contributed by atoms with van der Waals surface area (Å²) in [6, 6.07) is 10.2. The summed E-state index contributed by atoms with van der Waals surface area (Å²) in [7, 11) is 4.24. The molecule has 0 N–H and O–H groups in total. The summed E-state index contributed by atoms with van der Waals surface area (Å²) in [6.45, 7) is -0.0838. The third-order valence-electron chi connectivity index (χ3n) is 3.99. The lowest BCUT2D eigenvalue weighted by Gasteiger charge is -2.10. The summed E-state index contributed by atoms with van der Waals surface area (Å²) in [5.41, 5.74) is 0.978. The molecule has 0 spiro atoms. The van der Waals surface area contributed by atoms with Crippen LogP contribution >= 0.6 is 22.9 Å². The molecule has 1 aromatic heterocycles. The summed E-state index contributed by atoms with van der Waals surface area (Å²) in [6.07, 6.45) is 0. The third kappa shape index (κ3) is 3.88. The van der Waals surface area contributed by atoms with E-state index >= 15 is 0 Å². The van der Waals surface area contributed by atoms with Crippen molar-refractivity contribution >= 4 is 45.0 Å². The number of methoxy groups -OCH3 is 3. The predicted molar refractivity (Wildman–Crippen MR) is 106 cm³/mol. The van der Waals surface area contributed by atoms with E-state index in [1.165, 1.54) is 32.7 Å². The number of halogens is 1. The normalized spacial score (nSPS) is 11.5. The van der Waals surface area contributed by atoms with Crippen LogP contribution in [0.15, 0.2) is 41.4 Å². The molecule has 146 valence electrons. The summed E-state index contributed by atoms with van der Waals surface area (Å²) in [5, 5.41) is 0.548. The maximum atomic E-state index is 12.9. The molecule has 3 rings (SSSR count). The van der Waals surface area contributed by atoms with E-state index in [2.05, 4.69) is 4.99 Å². The molecular formula is C19H17ClN2O5S. The molecule has 0 aliphatic carbocycles. The number of carbonyl (C=O) groups excluding carboxylic acids is 2. The Morgan fingerprint density at radius 1 is 1.14 bits per heavy atom. The van der Waals surface area contributed by atoms with Crippen LogP contribution in [-0.4, -0.2) is 37.8 Å². The van der Waals surface area contributed by atoms with Gasteiger partial charge in [-0.1, -0.05) is 29.0 Å². The molecular weight excluding hydrogens is 404 g/mol. The van der Waals surface area contributed by atoms with Crippen LogP contribution in [0.25, 0.3) is 10.2 Å². The van der Waals surface area contributed by atoms with Crippen LogP contribution in [-0.2, 0) is 16.1 Å². The molecule has 1 heterocycles. The van der Waals surface area contributed by atoms with Gasteiger partial charge in [0.15, 0.2) is 16.3 Å². The van der Waals surface area contributed by atoms with Crippen LogP contribution in [0.5, 0.6) is 11.5 Å². The molecule has 0 unspecified atom stereocenters. The first-order valence-electron chi connectivity index (χ1n) is 8.14. The zero-order chi connectivity index (χ0) is 20.3. The Hall–Kier alpha value is -2.84. The number of thiazole rings is 1. The van der Waals surface area contributed by atoms with Gasteiger partial charge in [0.05, 0.1) is 37.1 Å². The van der Waals surface area contributed by atoms with Gasteiger partial charge in [0.2, 0.25) is 0 Å². The van der Waals surface area contributed by atoms with E-state index < -0.39 is 11.9 Å². The number of aromatic nitrogens is 1. The van der Waals surface area contributed by atoms with Crippen molar-refractivity contribution in [1.82, 2.24) is 4.57 Å². The van der Waals surface area contributed by atoms with E-state index in [0.717, 1.165) is 10.2 Å². The molecule has 9 heteroatoms. The standard InChI is InChI=1S/C19H17ClN2O5S/c1-25-14-6-4-5-12(17(14)27-3)18(24)21-19-22(10-16(23)26-2)13-8-7-11(20)9-15(13)28-19/h4-9H,10H2,1-3H3. The topological polar surface area (TPSA) is 79.1 Å². The van der Waals surface area contributed by atoms with E-state index in [9.17, 15) is 9.59 Å². The second-order valence-corrected chi connectivity index (χ2v) is 7.06. The first-order valence-corrected chi connectivity index (χ1v) is 9.33. The number of para-hydroxylation sites is 1. The highest BCUT2D eigenvalue weighted by atomic mass is 35.5. The van der Waals surface area contributed by atoms with Crippen molar-refractivity contribution in [3.05, 3.63) is 51.8 Å². The Balaban J connectivity index is 2.17. The minimum absolute atomic E-state index is 0.0838. The monoisotopic (exact) mass is 420 g/mol. The number of hydrogen-bond donors (Lipinski definition) is 0. The number of hydrogen-bond acceptors (Lipinski definition) is 6. The lowest BCUT2D eigenvalue weighted by Crippen LogP contribution is -2.22. The van der Waals surface area contributed by atoms with E-state index in [-0.39, 0.29) is 12.1 Å². The molecule has 0 aliphatic heterocycles. The molecule has 0 bridgehead atoms. The number of benzene rings is 2. The molecule has 0 fully saturated rings. The maximum absolute atomic E-state index is 12.9. The first-order chi connectivity index (χ1) is 13.5. The van der Waals surface area contributed by atoms with Gasteiger partial charge in [-0.2, -0.15) is 4.99 Å². The van der Waals surface area contributed by atoms with Crippen molar-refractivity contribution in [1.29, 1.82) is 0 Å². The number of rotatable bonds is 5. The molecule has 28 heavy (non-hydrogen) atoms. The van der Waals surface area contributed by atoms with Gasteiger partial charge in [-0.05, 0) is 30.3 Å². The molecule has 3 aromatic rings. The Labute approximate surface area is 169 Å². The van der Waals surface area contributed by atoms with Crippen molar-refractivity contribution in [2.24, 2.45) is 4.99 Å². The fourth-order valence-electron chi connectivity index (χ4n) is 2.68. The van der Waals surface area contributed by atoms with Crippen LogP contribution in [0, 0.1) is 0 Å². The molecule has 1 amide bonds. The fourth-order valence-corrected chi connectivity index (χ4v) is 3.99. The Kier molecular flexibility index (Phi) is 6.01. The lowest BCUT2D eigenvalue weighted by atomic mass is 10.2. The van der Waals surface area contributed by atoms with E-state index in [0.29, 0.717) is 21.3 Å². The van der Waals surface area contributed by atoms with Crippen LogP contribution in [0.2, 0.25) is 5.02 Å². The molecule has 0 aliphatic rings. The van der Waals surface area contributed by atoms with Crippen LogP contribution in [0.4, 0.5) is 0 Å². The Bertz CT molecular complexity index is 1120. The molecule has 0 saturated carbocycles. The van der Waals surface area contributed by atoms with Gasteiger partial charge in [-0.3, -0.25) is 9.59 Å². The molecule has 2 aromatic carbocycles. The van der Waals surface area contributed by atoms with Gasteiger partial charge in [0, 0.05) is 5.02 Å². The average Bonchev–Trinajstić information content (AvgIpc) is 3.02. The highest BCUT2D eigenvalue weighted by molar-refractivity contribution is 7.16. The van der Waals surface area contributed by atoms with E-state index in [4.69, 9.17) is 25.8 Å². The highest BCUT2D eigenvalue weighted by Crippen LogP contribution is 2.31. The van der Waals surface area contributed by atoms with Crippen molar-refractivity contribution in [2.75, 3.05) is 21.3 Å². The second kappa shape index (κ2) is 8.45. The summed E-state index contributed by atoms with van der Waals surface area (Å²) < 4.78 is 17.7. The first kappa shape index (κ1) is 19.9. The van der Waals surface area contributed by atoms with E-state index in [1.807, 2.05) is 0 Å². The highest BCUT2D eigenvalue weighted by Gasteiger charge is 2.17. The number of esters is 1.